The van der Waals surface area contributed by atoms with Gasteiger partial charge in [0, 0.05) is 24.0 Å². The lowest BCUT2D eigenvalue weighted by atomic mass is 9.88. The van der Waals surface area contributed by atoms with Gasteiger partial charge in [0.05, 0.1) is 11.1 Å². The highest BCUT2D eigenvalue weighted by atomic mass is 32.1. The number of hydrogen-bond donors (Lipinski definition) is 1. The van der Waals surface area contributed by atoms with E-state index in [-0.39, 0.29) is 11.1 Å². The van der Waals surface area contributed by atoms with Crippen molar-refractivity contribution < 1.29 is 0 Å². The molecule has 0 atom stereocenters. The third kappa shape index (κ3) is 2.48. The lowest BCUT2D eigenvalue weighted by Gasteiger charge is -2.39. The molecule has 1 N–H and O–H groups in total. The van der Waals surface area contributed by atoms with E-state index in [0.717, 1.165) is 28.9 Å². The zero-order chi connectivity index (χ0) is 17.8. The number of aromatic nitrogens is 2. The smallest absolute Gasteiger partial charge is 0.268 e. The van der Waals surface area contributed by atoms with E-state index in [1.165, 1.54) is 10.4 Å². The fourth-order valence-corrected chi connectivity index (χ4v) is 4.68. The molecule has 1 aromatic carbocycles. The van der Waals surface area contributed by atoms with Gasteiger partial charge in [0.1, 0.15) is 4.83 Å². The lowest BCUT2D eigenvalue weighted by molar-refractivity contribution is 0.136. The number of likely N-dealkylation sites (N-methyl/N-ethyl adjacent to an activating group) is 1. The normalized spacial score (nSPS) is 16.8. The molecule has 0 spiro atoms. The van der Waals surface area contributed by atoms with Crippen LogP contribution < -0.4 is 10.9 Å². The number of para-hydroxylation sites is 1. The van der Waals surface area contributed by atoms with Crippen LogP contribution in [0.25, 0.3) is 15.9 Å². The summed E-state index contributed by atoms with van der Waals surface area (Å²) in [5, 5.41) is 3.86. The predicted octanol–water partition coefficient (Wildman–Crippen LogP) is 3.26. The molecule has 4 rings (SSSR count). The Morgan fingerprint density at radius 2 is 1.96 bits per heavy atom. The Morgan fingerprint density at radius 3 is 2.64 bits per heavy atom. The molecule has 3 heterocycles. The Morgan fingerprint density at radius 1 is 1.24 bits per heavy atom. The van der Waals surface area contributed by atoms with E-state index < -0.39 is 0 Å². The molecular formula is C19H22N4OS. The van der Waals surface area contributed by atoms with Gasteiger partial charge in [-0.05, 0) is 45.0 Å². The van der Waals surface area contributed by atoms with E-state index in [4.69, 9.17) is 4.98 Å². The summed E-state index contributed by atoms with van der Waals surface area (Å²) in [4.78, 5) is 22.6. The summed E-state index contributed by atoms with van der Waals surface area (Å²) in [5.74, 6) is 0.579. The average molecular weight is 354 g/mol. The minimum absolute atomic E-state index is 0.0124. The number of rotatable bonds is 2. The largest absolute Gasteiger partial charge is 0.358 e. The summed E-state index contributed by atoms with van der Waals surface area (Å²) < 4.78 is 1.68. The fourth-order valence-electron chi connectivity index (χ4n) is 3.45. The third-order valence-corrected chi connectivity index (χ3v) is 6.28. The first-order valence-corrected chi connectivity index (χ1v) is 9.26. The molecule has 0 unspecified atom stereocenters. The van der Waals surface area contributed by atoms with Gasteiger partial charge in [0.15, 0.2) is 0 Å². The van der Waals surface area contributed by atoms with Crippen molar-refractivity contribution in [2.75, 3.05) is 19.4 Å². The second-order valence-electron chi connectivity index (χ2n) is 7.19. The molecule has 0 fully saturated rings. The maximum Gasteiger partial charge on any atom is 0.268 e. The number of benzene rings is 1. The highest BCUT2D eigenvalue weighted by Gasteiger charge is 2.34. The summed E-state index contributed by atoms with van der Waals surface area (Å²) in [6.45, 7) is 5.32. The molecule has 6 heteroatoms. The van der Waals surface area contributed by atoms with E-state index in [0.29, 0.717) is 5.95 Å². The van der Waals surface area contributed by atoms with Crippen molar-refractivity contribution in [2.24, 2.45) is 0 Å². The van der Waals surface area contributed by atoms with Crippen LogP contribution in [0.2, 0.25) is 0 Å². The van der Waals surface area contributed by atoms with E-state index in [9.17, 15) is 4.79 Å². The first-order valence-electron chi connectivity index (χ1n) is 8.44. The van der Waals surface area contributed by atoms with Gasteiger partial charge >= 0.3 is 0 Å². The molecule has 130 valence electrons. The molecule has 0 saturated carbocycles. The van der Waals surface area contributed by atoms with Crippen LogP contribution >= 0.6 is 11.3 Å². The van der Waals surface area contributed by atoms with Crippen molar-refractivity contribution in [1.29, 1.82) is 0 Å². The monoisotopic (exact) mass is 354 g/mol. The first-order chi connectivity index (χ1) is 11.9. The molecule has 5 nitrogen and oxygen atoms in total. The fraction of sp³-hybridized carbons (Fsp3) is 0.368. The molecular weight excluding hydrogens is 332 g/mol. The minimum atomic E-state index is 0.0124. The maximum absolute atomic E-state index is 13.4. The Balaban J connectivity index is 2.03. The van der Waals surface area contributed by atoms with Gasteiger partial charge in [-0.1, -0.05) is 18.2 Å². The van der Waals surface area contributed by atoms with Crippen molar-refractivity contribution in [3.05, 3.63) is 51.1 Å². The van der Waals surface area contributed by atoms with E-state index in [2.05, 4.69) is 31.1 Å². The van der Waals surface area contributed by atoms with Crippen LogP contribution in [0.1, 0.15) is 24.3 Å². The van der Waals surface area contributed by atoms with Gasteiger partial charge in [-0.3, -0.25) is 9.69 Å². The highest BCUT2D eigenvalue weighted by molar-refractivity contribution is 7.18. The number of thiophene rings is 1. The van der Waals surface area contributed by atoms with Crippen molar-refractivity contribution in [3.63, 3.8) is 0 Å². The molecule has 25 heavy (non-hydrogen) atoms. The zero-order valence-electron chi connectivity index (χ0n) is 15.0. The second-order valence-corrected chi connectivity index (χ2v) is 8.27. The summed E-state index contributed by atoms with van der Waals surface area (Å²) >= 11 is 1.65. The van der Waals surface area contributed by atoms with Gasteiger partial charge in [-0.15, -0.1) is 11.3 Å². The molecule has 0 radical (unpaired) electrons. The van der Waals surface area contributed by atoms with Gasteiger partial charge in [0.2, 0.25) is 5.95 Å². The molecule has 1 aliphatic heterocycles. The van der Waals surface area contributed by atoms with Crippen LogP contribution in [0.15, 0.2) is 35.1 Å². The van der Waals surface area contributed by atoms with E-state index >= 15 is 0 Å². The van der Waals surface area contributed by atoms with Crippen LogP contribution in [-0.4, -0.2) is 34.1 Å². The van der Waals surface area contributed by atoms with Crippen molar-refractivity contribution in [1.82, 2.24) is 14.5 Å². The number of nitrogens with zero attached hydrogens (tertiary/aromatic N) is 3. The number of nitrogens with one attached hydrogen (secondary N) is 1. The molecule has 0 saturated heterocycles. The van der Waals surface area contributed by atoms with Crippen LogP contribution in [0, 0.1) is 0 Å². The predicted molar refractivity (Wildman–Crippen MR) is 104 cm³/mol. The standard InChI is InChI=1S/C19H22N4OS/c1-19(2)10-13-14(11-22(19)4)25-16-15(13)17(24)23(18(20-3)21-16)12-8-6-5-7-9-12/h5-9H,10-11H2,1-4H3,(H,20,21). The number of fused-ring (bicyclic) bond motifs is 3. The van der Waals surface area contributed by atoms with Crippen LogP contribution in [0.4, 0.5) is 5.95 Å². The van der Waals surface area contributed by atoms with Gasteiger partial charge < -0.3 is 5.32 Å². The van der Waals surface area contributed by atoms with Gasteiger partial charge in [0.25, 0.3) is 5.56 Å². The molecule has 2 aromatic heterocycles. The minimum Gasteiger partial charge on any atom is -0.358 e. The topological polar surface area (TPSA) is 50.2 Å². The van der Waals surface area contributed by atoms with Crippen LogP contribution in [-0.2, 0) is 13.0 Å². The SMILES string of the molecule is CNc1nc2sc3c(c2c(=O)n1-c1ccccc1)CC(C)(C)N(C)C3. The number of hydrogen-bond acceptors (Lipinski definition) is 5. The summed E-state index contributed by atoms with van der Waals surface area (Å²) in [6, 6.07) is 9.70. The van der Waals surface area contributed by atoms with Gasteiger partial charge in [-0.25, -0.2) is 9.55 Å². The lowest BCUT2D eigenvalue weighted by Crippen LogP contribution is -2.45. The van der Waals surface area contributed by atoms with Gasteiger partial charge in [-0.2, -0.15) is 0 Å². The Labute approximate surface area is 150 Å². The van der Waals surface area contributed by atoms with Crippen LogP contribution in [0.5, 0.6) is 0 Å². The van der Waals surface area contributed by atoms with Crippen molar-refractivity contribution in [3.8, 4) is 5.69 Å². The molecule has 0 amide bonds. The Bertz CT molecular complexity index is 1000. The third-order valence-electron chi connectivity index (χ3n) is 5.17. The summed E-state index contributed by atoms with van der Waals surface area (Å²) in [7, 11) is 3.94. The summed E-state index contributed by atoms with van der Waals surface area (Å²) in [6.07, 6.45) is 0.865. The van der Waals surface area contributed by atoms with E-state index in [1.54, 1.807) is 23.0 Å². The Hall–Kier alpha value is -2.18. The molecule has 0 aliphatic carbocycles. The maximum atomic E-state index is 13.4. The first kappa shape index (κ1) is 16.3. The highest BCUT2D eigenvalue weighted by Crippen LogP contribution is 2.38. The molecule has 3 aromatic rings. The quantitative estimate of drug-likeness (QED) is 0.767. The zero-order valence-corrected chi connectivity index (χ0v) is 15.8. The second kappa shape index (κ2) is 5.68. The number of anilines is 1. The molecule has 0 bridgehead atoms. The average Bonchev–Trinajstić information content (AvgIpc) is 2.92. The van der Waals surface area contributed by atoms with E-state index in [1.807, 2.05) is 30.3 Å². The molecule has 1 aliphatic rings. The van der Waals surface area contributed by atoms with Crippen LogP contribution in [0.3, 0.4) is 0 Å². The Kier molecular flexibility index (Phi) is 3.70. The summed E-state index contributed by atoms with van der Waals surface area (Å²) in [5.41, 5.74) is 2.05. The van der Waals surface area contributed by atoms with Crippen molar-refractivity contribution in [2.45, 2.75) is 32.4 Å². The van der Waals surface area contributed by atoms with Crippen molar-refractivity contribution >= 4 is 27.5 Å².